The molecule has 1 aromatic heterocycles. The Bertz CT molecular complexity index is 1480. The first kappa shape index (κ1) is 26.4. The number of methoxy groups -OCH3 is 1. The molecule has 8 nitrogen and oxygen atoms in total. The molecule has 0 radical (unpaired) electrons. The third-order valence-electron chi connectivity index (χ3n) is 5.86. The highest BCUT2D eigenvalue weighted by Crippen LogP contribution is 2.38. The number of nitrogens with one attached hydrogen (secondary N) is 1. The molecule has 0 unspecified atom stereocenters. The van der Waals surface area contributed by atoms with Crippen molar-refractivity contribution in [1.29, 1.82) is 10.5 Å². The molecule has 2 heterocycles. The largest absolute Gasteiger partial charge is 0.494 e. The summed E-state index contributed by atoms with van der Waals surface area (Å²) in [6, 6.07) is 13.6. The number of alkyl carbamates (subject to hydrolysis) is 1. The Balaban J connectivity index is 1.74. The number of halogens is 2. The summed E-state index contributed by atoms with van der Waals surface area (Å²) in [6.07, 6.45) is -0.529. The average molecular weight is 518 g/mol. The molecule has 0 spiro atoms. The molecular weight excluding hydrogens is 492 g/mol. The van der Waals surface area contributed by atoms with Crippen molar-refractivity contribution >= 4 is 11.9 Å². The second kappa shape index (κ2) is 10.3. The van der Waals surface area contributed by atoms with Crippen LogP contribution in [0.3, 0.4) is 0 Å². The van der Waals surface area contributed by atoms with Crippen molar-refractivity contribution in [1.82, 2.24) is 10.3 Å². The monoisotopic (exact) mass is 517 g/mol. The lowest BCUT2D eigenvalue weighted by atomic mass is 9.94. The number of ether oxygens (including phenoxy) is 2. The van der Waals surface area contributed by atoms with Crippen LogP contribution in [0.4, 0.5) is 19.4 Å². The molecule has 0 atom stereocenters. The minimum atomic E-state index is -0.742. The molecular formula is C28H25F2N5O3. The van der Waals surface area contributed by atoms with Gasteiger partial charge < -0.3 is 19.7 Å². The Morgan fingerprint density at radius 2 is 1.68 bits per heavy atom. The van der Waals surface area contributed by atoms with Crippen LogP contribution in [-0.4, -0.2) is 42.9 Å². The first-order valence-corrected chi connectivity index (χ1v) is 11.8. The topological polar surface area (TPSA) is 111 Å². The molecule has 1 aliphatic rings. The number of pyridine rings is 1. The van der Waals surface area contributed by atoms with E-state index in [2.05, 4.69) is 11.4 Å². The summed E-state index contributed by atoms with van der Waals surface area (Å²) in [4.78, 5) is 18.7. The van der Waals surface area contributed by atoms with Crippen LogP contribution in [-0.2, 0) is 4.74 Å². The van der Waals surface area contributed by atoms with E-state index in [0.29, 0.717) is 35.6 Å². The quantitative estimate of drug-likeness (QED) is 0.498. The Kier molecular flexibility index (Phi) is 7.18. The van der Waals surface area contributed by atoms with Crippen LogP contribution in [0.1, 0.15) is 31.9 Å². The van der Waals surface area contributed by atoms with Crippen molar-refractivity contribution in [2.75, 3.05) is 25.1 Å². The van der Waals surface area contributed by atoms with Gasteiger partial charge in [0, 0.05) is 24.2 Å². The Morgan fingerprint density at radius 3 is 2.26 bits per heavy atom. The first-order chi connectivity index (χ1) is 18.0. The molecule has 1 N–H and O–H groups in total. The second-order valence-electron chi connectivity index (χ2n) is 9.77. The van der Waals surface area contributed by atoms with Crippen LogP contribution in [0.5, 0.6) is 5.75 Å². The van der Waals surface area contributed by atoms with Gasteiger partial charge in [0.05, 0.1) is 36.0 Å². The highest BCUT2D eigenvalue weighted by molar-refractivity contribution is 5.87. The van der Waals surface area contributed by atoms with Crippen LogP contribution in [0.2, 0.25) is 0 Å². The summed E-state index contributed by atoms with van der Waals surface area (Å²) in [5.74, 6) is -0.907. The number of anilines is 1. The fourth-order valence-electron chi connectivity index (χ4n) is 4.09. The number of carbonyl (C=O) groups excluding carboxylic acids is 1. The Labute approximate surface area is 219 Å². The summed E-state index contributed by atoms with van der Waals surface area (Å²) >= 11 is 0. The summed E-state index contributed by atoms with van der Waals surface area (Å²) in [7, 11) is 1.35. The van der Waals surface area contributed by atoms with Crippen LogP contribution in [0.25, 0.3) is 22.4 Å². The number of carbonyl (C=O) groups is 1. The van der Waals surface area contributed by atoms with Crippen molar-refractivity contribution in [3.8, 4) is 40.3 Å². The van der Waals surface area contributed by atoms with Gasteiger partial charge in [-0.05, 0) is 56.7 Å². The lowest BCUT2D eigenvalue weighted by molar-refractivity contribution is 0.0496. The zero-order chi connectivity index (χ0) is 27.6. The molecule has 1 saturated heterocycles. The fraction of sp³-hybridized carbons (Fsp3) is 0.286. The van der Waals surface area contributed by atoms with Gasteiger partial charge in [0.25, 0.3) is 0 Å². The lowest BCUT2D eigenvalue weighted by Crippen LogP contribution is -2.60. The molecule has 2 aromatic carbocycles. The van der Waals surface area contributed by atoms with Gasteiger partial charge in [0.2, 0.25) is 0 Å². The minimum absolute atomic E-state index is 0.0342. The van der Waals surface area contributed by atoms with E-state index in [0.717, 1.165) is 6.07 Å². The van der Waals surface area contributed by atoms with E-state index < -0.39 is 23.3 Å². The average Bonchev–Trinajstić information content (AvgIpc) is 2.84. The molecule has 194 valence electrons. The standard InChI is InChI=1S/C28H25F2N5O3/c1-28(2,3)38-27(36)33-20-14-35(15-20)24-11-19(13-32)25(16-7-8-23(37-4)22(30)9-16)26(34-24)17-5-6-18(12-31)21(29)10-17/h5-11,20H,14-15H2,1-4H3,(H,33,36). The maximum atomic E-state index is 14.6. The van der Waals surface area contributed by atoms with E-state index in [9.17, 15) is 18.8 Å². The van der Waals surface area contributed by atoms with Gasteiger partial charge in [-0.25, -0.2) is 18.6 Å². The number of hydrogen-bond acceptors (Lipinski definition) is 7. The molecule has 0 bridgehead atoms. The number of benzene rings is 2. The van der Waals surface area contributed by atoms with Gasteiger partial charge in [-0.3, -0.25) is 0 Å². The zero-order valence-corrected chi connectivity index (χ0v) is 21.3. The van der Waals surface area contributed by atoms with Crippen molar-refractivity contribution in [3.63, 3.8) is 0 Å². The molecule has 38 heavy (non-hydrogen) atoms. The molecule has 0 aliphatic carbocycles. The third-order valence-corrected chi connectivity index (χ3v) is 5.86. The van der Waals surface area contributed by atoms with Gasteiger partial charge in [0.1, 0.15) is 23.3 Å². The van der Waals surface area contributed by atoms with Crippen LogP contribution in [0.15, 0.2) is 42.5 Å². The maximum Gasteiger partial charge on any atom is 0.407 e. The number of nitriles is 2. The predicted octanol–water partition coefficient (Wildman–Crippen LogP) is 5.16. The molecule has 10 heteroatoms. The van der Waals surface area contributed by atoms with E-state index in [1.165, 1.54) is 31.4 Å². The fourth-order valence-corrected chi connectivity index (χ4v) is 4.09. The summed E-state index contributed by atoms with van der Waals surface area (Å²) in [5.41, 5.74) is 0.658. The molecule has 0 saturated carbocycles. The van der Waals surface area contributed by atoms with E-state index >= 15 is 0 Å². The summed E-state index contributed by atoms with van der Waals surface area (Å²) < 4.78 is 39.5. The van der Waals surface area contributed by atoms with Crippen molar-refractivity contribution in [3.05, 3.63) is 65.2 Å². The zero-order valence-electron chi connectivity index (χ0n) is 21.3. The Hall–Kier alpha value is -4.70. The van der Waals surface area contributed by atoms with Crippen LogP contribution < -0.4 is 15.0 Å². The van der Waals surface area contributed by atoms with Gasteiger partial charge >= 0.3 is 6.09 Å². The Morgan fingerprint density at radius 1 is 1.03 bits per heavy atom. The molecule has 1 amide bonds. The highest BCUT2D eigenvalue weighted by atomic mass is 19.1. The predicted molar refractivity (Wildman–Crippen MR) is 136 cm³/mol. The molecule has 1 aliphatic heterocycles. The number of hydrogen-bond donors (Lipinski definition) is 1. The number of aromatic nitrogens is 1. The maximum absolute atomic E-state index is 14.6. The van der Waals surface area contributed by atoms with Crippen LogP contribution in [0, 0.1) is 34.3 Å². The van der Waals surface area contributed by atoms with E-state index in [-0.39, 0.29) is 28.6 Å². The van der Waals surface area contributed by atoms with Gasteiger partial charge in [-0.2, -0.15) is 10.5 Å². The first-order valence-electron chi connectivity index (χ1n) is 11.8. The van der Waals surface area contributed by atoms with Crippen molar-refractivity contribution < 1.29 is 23.0 Å². The smallest absolute Gasteiger partial charge is 0.407 e. The van der Waals surface area contributed by atoms with E-state index in [1.54, 1.807) is 39.0 Å². The lowest BCUT2D eigenvalue weighted by Gasteiger charge is -2.40. The normalized spacial score (nSPS) is 13.2. The molecule has 3 aromatic rings. The van der Waals surface area contributed by atoms with Crippen molar-refractivity contribution in [2.24, 2.45) is 0 Å². The van der Waals surface area contributed by atoms with E-state index in [4.69, 9.17) is 19.7 Å². The highest BCUT2D eigenvalue weighted by Gasteiger charge is 2.32. The third kappa shape index (κ3) is 5.50. The number of rotatable bonds is 5. The SMILES string of the molecule is COc1ccc(-c2c(C#N)cc(N3CC(NC(=O)OC(C)(C)C)C3)nc2-c2ccc(C#N)c(F)c2)cc1F. The molecule has 1 fully saturated rings. The van der Waals surface area contributed by atoms with Crippen LogP contribution >= 0.6 is 0 Å². The molecule has 4 rings (SSSR count). The summed E-state index contributed by atoms with van der Waals surface area (Å²) in [5, 5.41) is 22.0. The van der Waals surface area contributed by atoms with Crippen molar-refractivity contribution in [2.45, 2.75) is 32.4 Å². The van der Waals surface area contributed by atoms with Gasteiger partial charge in [0.15, 0.2) is 11.6 Å². The summed E-state index contributed by atoms with van der Waals surface area (Å²) in [6.45, 7) is 6.15. The number of nitrogens with zero attached hydrogens (tertiary/aromatic N) is 4. The minimum Gasteiger partial charge on any atom is -0.494 e. The van der Waals surface area contributed by atoms with Gasteiger partial charge in [-0.1, -0.05) is 12.1 Å². The number of amides is 1. The second-order valence-corrected chi connectivity index (χ2v) is 9.77. The van der Waals surface area contributed by atoms with Gasteiger partial charge in [-0.15, -0.1) is 0 Å². The van der Waals surface area contributed by atoms with E-state index in [1.807, 2.05) is 4.90 Å².